The van der Waals surface area contributed by atoms with Gasteiger partial charge in [-0.15, -0.1) is 0 Å². The Bertz CT molecular complexity index is 2630. The van der Waals surface area contributed by atoms with E-state index in [0.717, 1.165) is 61.3 Å². The molecule has 80 heavy (non-hydrogen) atoms. The standard InChI is InChI=1S/2C33H45FN2O2S.2BrH/c1-3-4-5-6-7-8-9-10-11-12-13-14-21-38-33-29(18-16-20-31(33)34)23-32(37)35-30-19-15-17-28(22-30)24-36-26-39-25-27(36)2;1-3-4-5-6-7-8-9-10-11-12-13-14-20-38-32-19-18-28(22-31(32)34)23-33(37)35-30-17-15-16-29(21-30)24-36-26-39-25-27(36)2;;/h15-20,22,25-26H,3-14,21,23-24H2,1-2H3;15-19,21-22,25-26H,3-14,20,23-24H2,1-2H3;2*1H. The Kier molecular flexibility index (Phi) is 36.9. The minimum Gasteiger partial charge on any atom is -1.00 e. The summed E-state index contributed by atoms with van der Waals surface area (Å²) in [6.07, 6.45) is 30.8. The molecule has 6 aromatic rings. The van der Waals surface area contributed by atoms with Crippen LogP contribution in [-0.2, 0) is 35.5 Å². The number of benzene rings is 4. The van der Waals surface area contributed by atoms with Crippen molar-refractivity contribution >= 4 is 45.9 Å². The second-order valence-corrected chi connectivity index (χ2v) is 22.5. The van der Waals surface area contributed by atoms with E-state index in [4.69, 9.17) is 9.47 Å². The number of hydrogen-bond acceptors (Lipinski definition) is 6. The van der Waals surface area contributed by atoms with Crippen LogP contribution < -0.4 is 63.2 Å². The summed E-state index contributed by atoms with van der Waals surface area (Å²) in [5.74, 6) is -0.720. The van der Waals surface area contributed by atoms with Gasteiger partial charge in [0.1, 0.15) is 0 Å². The molecule has 0 atom stereocenters. The van der Waals surface area contributed by atoms with Crippen LogP contribution in [-0.4, -0.2) is 25.0 Å². The normalized spacial score (nSPS) is 10.8. The number of rotatable bonds is 38. The van der Waals surface area contributed by atoms with Gasteiger partial charge in [0, 0.05) is 41.9 Å². The number of hydrogen-bond donors (Lipinski definition) is 2. The monoisotopic (exact) mass is 1260 g/mol. The van der Waals surface area contributed by atoms with Gasteiger partial charge in [0.2, 0.25) is 22.8 Å². The molecule has 4 aromatic carbocycles. The highest BCUT2D eigenvalue weighted by Crippen LogP contribution is 2.25. The number of aromatic nitrogens is 2. The minimum absolute atomic E-state index is 0. The summed E-state index contributed by atoms with van der Waals surface area (Å²) in [6.45, 7) is 11.2. The first-order valence-corrected chi connectivity index (χ1v) is 31.4. The smallest absolute Gasteiger partial charge is 0.228 e. The van der Waals surface area contributed by atoms with Gasteiger partial charge in [-0.2, -0.15) is 9.13 Å². The number of anilines is 2. The van der Waals surface area contributed by atoms with E-state index < -0.39 is 11.6 Å². The molecule has 0 fully saturated rings. The number of carbonyl (C=O) groups excluding carboxylic acids is 2. The number of thiazole rings is 2. The minimum atomic E-state index is -0.413. The zero-order valence-corrected chi connectivity index (χ0v) is 53.3. The van der Waals surface area contributed by atoms with Crippen LogP contribution in [0, 0.1) is 25.5 Å². The van der Waals surface area contributed by atoms with Crippen molar-refractivity contribution in [1.82, 2.24) is 0 Å². The van der Waals surface area contributed by atoms with Gasteiger partial charge in [-0.05, 0) is 60.9 Å². The highest BCUT2D eigenvalue weighted by Gasteiger charge is 2.16. The molecule has 440 valence electrons. The fraction of sp³-hybridized carbons (Fsp3) is 0.515. The molecule has 2 amide bonds. The maximum Gasteiger partial charge on any atom is 0.228 e. The van der Waals surface area contributed by atoms with Gasteiger partial charge in [0.25, 0.3) is 0 Å². The first-order valence-electron chi connectivity index (χ1n) is 29.5. The quantitative estimate of drug-likeness (QED) is 0.0299. The molecule has 0 aliphatic rings. The summed E-state index contributed by atoms with van der Waals surface area (Å²) in [5, 5.41) is 10.1. The molecule has 0 aliphatic heterocycles. The molecule has 0 radical (unpaired) electrons. The predicted octanol–water partition coefficient (Wildman–Crippen LogP) is 11.6. The SMILES string of the molecule is CCCCCCCCCCCCCCOc1c(F)cccc1CC(=O)Nc1cccc(C[n+]2cscc2C)c1.CCCCCCCCCCCCCCOc1ccc(CC(=O)Nc2cccc(C[n+]3cscc3C)c2)cc1F.[Br-].[Br-]. The van der Waals surface area contributed by atoms with Crippen LogP contribution in [0.15, 0.2) is 107 Å². The molecule has 0 spiro atoms. The average molecular weight is 1270 g/mol. The molecule has 2 heterocycles. The van der Waals surface area contributed by atoms with E-state index in [9.17, 15) is 18.4 Å². The predicted molar refractivity (Wildman–Crippen MR) is 320 cm³/mol. The Morgan fingerprint density at radius 1 is 0.475 bits per heavy atom. The van der Waals surface area contributed by atoms with E-state index >= 15 is 0 Å². The summed E-state index contributed by atoms with van der Waals surface area (Å²) in [6, 6.07) is 25.3. The molecule has 6 rings (SSSR count). The van der Waals surface area contributed by atoms with Gasteiger partial charge >= 0.3 is 0 Å². The lowest BCUT2D eigenvalue weighted by Gasteiger charge is -2.13. The van der Waals surface area contributed by atoms with Crippen LogP contribution in [0.5, 0.6) is 11.5 Å². The van der Waals surface area contributed by atoms with Crippen molar-refractivity contribution < 1.29 is 70.9 Å². The van der Waals surface area contributed by atoms with Crippen molar-refractivity contribution in [1.29, 1.82) is 0 Å². The third-order valence-corrected chi connectivity index (χ3v) is 15.9. The Morgan fingerprint density at radius 3 is 1.34 bits per heavy atom. The molecular formula is C66H92Br2F2N4O4S2. The Hall–Kier alpha value is -4.50. The molecule has 0 unspecified atom stereocenters. The number of aryl methyl sites for hydroxylation is 2. The lowest BCUT2D eigenvalue weighted by molar-refractivity contribution is -0.689. The van der Waals surface area contributed by atoms with Gasteiger partial charge in [0.15, 0.2) is 47.6 Å². The second-order valence-electron chi connectivity index (χ2n) is 21.1. The van der Waals surface area contributed by atoms with Gasteiger partial charge in [0.05, 0.1) is 36.8 Å². The first kappa shape index (κ1) is 69.8. The summed E-state index contributed by atoms with van der Waals surface area (Å²) in [5.41, 5.74) is 11.5. The average Bonchev–Trinajstić information content (AvgIpc) is 4.03. The summed E-state index contributed by atoms with van der Waals surface area (Å²) >= 11 is 3.34. The highest BCUT2D eigenvalue weighted by atomic mass is 79.9. The Labute approximate surface area is 508 Å². The van der Waals surface area contributed by atoms with Crippen molar-refractivity contribution in [2.45, 2.75) is 208 Å². The van der Waals surface area contributed by atoms with Crippen LogP contribution in [0.25, 0.3) is 0 Å². The number of halogens is 4. The number of carbonyl (C=O) groups is 2. The van der Waals surface area contributed by atoms with Crippen molar-refractivity contribution in [3.05, 3.63) is 152 Å². The molecule has 0 saturated carbocycles. The van der Waals surface area contributed by atoms with Crippen LogP contribution in [0.1, 0.15) is 202 Å². The fourth-order valence-corrected chi connectivity index (χ4v) is 11.1. The molecule has 0 saturated heterocycles. The Morgan fingerprint density at radius 2 is 0.900 bits per heavy atom. The van der Waals surface area contributed by atoms with Crippen LogP contribution in [0.2, 0.25) is 0 Å². The second kappa shape index (κ2) is 42.3. The van der Waals surface area contributed by atoms with Crippen molar-refractivity contribution in [2.75, 3.05) is 23.8 Å². The summed E-state index contributed by atoms with van der Waals surface area (Å²) in [7, 11) is 0. The van der Waals surface area contributed by atoms with Crippen molar-refractivity contribution in [3.8, 4) is 11.5 Å². The van der Waals surface area contributed by atoms with Crippen molar-refractivity contribution in [2.24, 2.45) is 0 Å². The molecule has 2 N–H and O–H groups in total. The van der Waals surface area contributed by atoms with E-state index in [2.05, 4.69) is 69.2 Å². The zero-order chi connectivity index (χ0) is 55.4. The lowest BCUT2D eigenvalue weighted by atomic mass is 10.1. The number of unbranched alkanes of at least 4 members (excludes halogenated alkanes) is 22. The van der Waals surface area contributed by atoms with E-state index in [1.54, 1.807) is 46.9 Å². The number of para-hydroxylation sites is 1. The number of ether oxygens (including phenoxy) is 2. The molecule has 0 bridgehead atoms. The number of nitrogens with one attached hydrogen (secondary N) is 2. The summed E-state index contributed by atoms with van der Waals surface area (Å²) < 4.78 is 45.0. The van der Waals surface area contributed by atoms with E-state index in [1.165, 1.54) is 152 Å². The maximum absolute atomic E-state index is 14.6. The highest BCUT2D eigenvalue weighted by molar-refractivity contribution is 7.07. The van der Waals surface area contributed by atoms with Crippen LogP contribution >= 0.6 is 22.7 Å². The fourth-order valence-electron chi connectivity index (χ4n) is 9.56. The van der Waals surface area contributed by atoms with Crippen LogP contribution in [0.4, 0.5) is 20.2 Å². The molecule has 14 heteroatoms. The topological polar surface area (TPSA) is 84.4 Å². The third-order valence-electron chi connectivity index (χ3n) is 14.1. The van der Waals surface area contributed by atoms with Gasteiger partial charge < -0.3 is 54.1 Å². The lowest BCUT2D eigenvalue weighted by Crippen LogP contribution is -3.00. The van der Waals surface area contributed by atoms with Gasteiger partial charge in [-0.25, -0.2) is 8.78 Å². The number of nitrogens with zero attached hydrogens (tertiary/aromatic N) is 2. The van der Waals surface area contributed by atoms with Crippen LogP contribution in [0.3, 0.4) is 0 Å². The largest absolute Gasteiger partial charge is 1.00 e. The maximum atomic E-state index is 14.6. The van der Waals surface area contributed by atoms with Gasteiger partial charge in [-0.1, -0.05) is 220 Å². The molecular weight excluding hydrogens is 1170 g/mol. The zero-order valence-electron chi connectivity index (χ0n) is 48.5. The molecule has 0 aliphatic carbocycles. The number of amides is 2. The molecule has 8 nitrogen and oxygen atoms in total. The first-order chi connectivity index (χ1) is 38.1. The van der Waals surface area contributed by atoms with E-state index in [1.807, 2.05) is 48.5 Å². The van der Waals surface area contributed by atoms with E-state index in [-0.39, 0.29) is 70.1 Å². The van der Waals surface area contributed by atoms with Gasteiger partial charge in [-0.3, -0.25) is 9.59 Å². The van der Waals surface area contributed by atoms with Crippen molar-refractivity contribution in [3.63, 3.8) is 0 Å². The molecule has 2 aromatic heterocycles. The van der Waals surface area contributed by atoms with E-state index in [0.29, 0.717) is 24.3 Å². The Balaban J connectivity index is 0.000000410. The summed E-state index contributed by atoms with van der Waals surface area (Å²) in [4.78, 5) is 25.4. The third kappa shape index (κ3) is 28.5.